The molecule has 0 radical (unpaired) electrons. The molecular weight excluding hydrogens is 681 g/mol. The van der Waals surface area contributed by atoms with Crippen LogP contribution >= 0.6 is 0 Å². The van der Waals surface area contributed by atoms with Gasteiger partial charge in [0, 0.05) is 33.0 Å². The minimum Gasteiger partial charge on any atom is -0.460 e. The zero-order chi connectivity index (χ0) is 36.7. The average molecular weight is 715 g/mol. The molecule has 0 fully saturated rings. The van der Waals surface area contributed by atoms with Gasteiger partial charge < -0.3 is 8.98 Å². The molecule has 1 aliphatic carbocycles. The molecule has 0 amide bonds. The first-order chi connectivity index (χ1) is 27.8. The predicted molar refractivity (Wildman–Crippen MR) is 234 cm³/mol. The Hall–Kier alpha value is -7.23. The summed E-state index contributed by atoms with van der Waals surface area (Å²) in [6.45, 7) is 0. The van der Waals surface area contributed by atoms with Crippen molar-refractivity contribution in [2.45, 2.75) is 12.3 Å². The lowest BCUT2D eigenvalue weighted by atomic mass is 9.89. The van der Waals surface area contributed by atoms with Crippen molar-refractivity contribution < 1.29 is 4.42 Å². The Morgan fingerprint density at radius 2 is 1.05 bits per heavy atom. The second kappa shape index (κ2) is 12.1. The Morgan fingerprint density at radius 1 is 0.464 bits per heavy atom. The van der Waals surface area contributed by atoms with Crippen LogP contribution in [-0.2, 0) is 0 Å². The van der Waals surface area contributed by atoms with Crippen LogP contribution in [0.1, 0.15) is 29.4 Å². The lowest BCUT2D eigenvalue weighted by molar-refractivity contribution is 0.512. The van der Waals surface area contributed by atoms with Crippen LogP contribution in [0.25, 0.3) is 99.2 Å². The zero-order valence-corrected chi connectivity index (χ0v) is 30.5. The maximum Gasteiger partial charge on any atom is 0.134 e. The summed E-state index contributed by atoms with van der Waals surface area (Å²) >= 11 is 0. The van der Waals surface area contributed by atoms with Gasteiger partial charge in [-0.2, -0.15) is 0 Å². The first kappa shape index (κ1) is 31.2. The van der Waals surface area contributed by atoms with Gasteiger partial charge in [-0.3, -0.25) is 4.98 Å². The quantitative estimate of drug-likeness (QED) is 0.170. The number of furan rings is 1. The average Bonchev–Trinajstić information content (AvgIpc) is 3.82. The van der Waals surface area contributed by atoms with Crippen molar-refractivity contribution >= 4 is 71.2 Å². The van der Waals surface area contributed by atoms with Gasteiger partial charge in [0.15, 0.2) is 0 Å². The molecule has 0 saturated heterocycles. The number of pyridine rings is 1. The summed E-state index contributed by atoms with van der Waals surface area (Å²) in [5.74, 6) is 1.08. The van der Waals surface area contributed by atoms with Crippen molar-refractivity contribution in [2.75, 3.05) is 0 Å². The van der Waals surface area contributed by atoms with Crippen molar-refractivity contribution in [2.24, 2.45) is 0 Å². The third-order valence-corrected chi connectivity index (χ3v) is 11.9. The van der Waals surface area contributed by atoms with Crippen LogP contribution in [0.2, 0.25) is 0 Å². The molecule has 1 atom stereocenters. The van der Waals surface area contributed by atoms with E-state index in [0.717, 1.165) is 45.8 Å². The van der Waals surface area contributed by atoms with Crippen LogP contribution in [0, 0.1) is 0 Å². The highest BCUT2D eigenvalue weighted by Crippen LogP contribution is 2.42. The highest BCUT2D eigenvalue weighted by Gasteiger charge is 2.26. The van der Waals surface area contributed by atoms with E-state index < -0.39 is 0 Å². The summed E-state index contributed by atoms with van der Waals surface area (Å²) in [7, 11) is 0. The molecule has 0 saturated carbocycles. The third kappa shape index (κ3) is 4.67. The molecule has 1 aliphatic rings. The Morgan fingerprint density at radius 3 is 1.80 bits per heavy atom. The smallest absolute Gasteiger partial charge is 0.134 e. The molecule has 11 aromatic rings. The topological polar surface area (TPSA) is 31.0 Å². The van der Waals surface area contributed by atoms with Gasteiger partial charge in [0.25, 0.3) is 0 Å². The lowest BCUT2D eigenvalue weighted by Crippen LogP contribution is -2.06. The Kier molecular flexibility index (Phi) is 6.75. The molecule has 8 aromatic carbocycles. The van der Waals surface area contributed by atoms with E-state index in [1.54, 1.807) is 0 Å². The molecule has 0 bridgehead atoms. The van der Waals surface area contributed by atoms with E-state index in [-0.39, 0.29) is 5.92 Å². The number of aromatic nitrogens is 2. The van der Waals surface area contributed by atoms with Gasteiger partial charge in [0.05, 0.1) is 28.3 Å². The second-order valence-corrected chi connectivity index (χ2v) is 15.0. The van der Waals surface area contributed by atoms with E-state index in [0.29, 0.717) is 0 Å². The monoisotopic (exact) mass is 714 g/mol. The van der Waals surface area contributed by atoms with E-state index in [2.05, 4.69) is 187 Å². The van der Waals surface area contributed by atoms with Gasteiger partial charge in [0.1, 0.15) is 11.3 Å². The molecule has 0 N–H and O–H groups in total. The maximum atomic E-state index is 6.45. The Bertz CT molecular complexity index is 3340. The molecule has 3 heterocycles. The first-order valence-corrected chi connectivity index (χ1v) is 19.4. The number of para-hydroxylation sites is 3. The zero-order valence-electron chi connectivity index (χ0n) is 30.5. The summed E-state index contributed by atoms with van der Waals surface area (Å²) < 4.78 is 8.84. The van der Waals surface area contributed by atoms with Crippen LogP contribution in [0.3, 0.4) is 0 Å². The largest absolute Gasteiger partial charge is 0.460 e. The molecule has 3 aromatic heterocycles. The second-order valence-electron chi connectivity index (χ2n) is 15.0. The van der Waals surface area contributed by atoms with E-state index in [1.165, 1.54) is 70.8 Å². The maximum absolute atomic E-state index is 6.45. The fraction of sp³-hybridized carbons (Fsp3) is 0.0377. The predicted octanol–water partition coefficient (Wildman–Crippen LogP) is 14.3. The van der Waals surface area contributed by atoms with Gasteiger partial charge >= 0.3 is 0 Å². The van der Waals surface area contributed by atoms with E-state index >= 15 is 0 Å². The fourth-order valence-electron chi connectivity index (χ4n) is 9.33. The third-order valence-electron chi connectivity index (χ3n) is 11.9. The van der Waals surface area contributed by atoms with Crippen LogP contribution in [-0.4, -0.2) is 9.55 Å². The number of benzene rings is 8. The van der Waals surface area contributed by atoms with Gasteiger partial charge in [-0.15, -0.1) is 0 Å². The van der Waals surface area contributed by atoms with Crippen molar-refractivity contribution in [3.8, 4) is 28.1 Å². The van der Waals surface area contributed by atoms with Crippen molar-refractivity contribution in [3.05, 3.63) is 199 Å². The Balaban J connectivity index is 0.963. The minimum atomic E-state index is 0.0736. The van der Waals surface area contributed by atoms with Gasteiger partial charge in [-0.1, -0.05) is 133 Å². The van der Waals surface area contributed by atoms with Gasteiger partial charge in [0.2, 0.25) is 0 Å². The number of nitrogens with zero attached hydrogens (tertiary/aromatic N) is 2. The standard InChI is InChI=1S/C53H34N2O/c1-2-15-38-37(14-1)46-31-34(33-12-9-13-36(30-33)55-50-23-6-3-16-41(50)42-17-4-7-24-51(42)55)26-28-39(46)40-29-27-35(32-47(38)40)48-21-11-22-49(54-48)45-20-10-19-44-43-18-5-8-25-52(43)56-53(44)45/h1-19,21-32,45H,20H2. The van der Waals surface area contributed by atoms with Gasteiger partial charge in [-0.25, -0.2) is 0 Å². The number of hydrogen-bond acceptors (Lipinski definition) is 2. The molecule has 0 aliphatic heterocycles. The van der Waals surface area contributed by atoms with E-state index in [1.807, 2.05) is 6.07 Å². The highest BCUT2D eigenvalue weighted by atomic mass is 16.3. The number of allylic oxidation sites excluding steroid dienone is 1. The van der Waals surface area contributed by atoms with Crippen molar-refractivity contribution in [1.82, 2.24) is 9.55 Å². The summed E-state index contributed by atoms with van der Waals surface area (Å²) in [4.78, 5) is 5.29. The number of rotatable bonds is 4. The molecule has 0 spiro atoms. The number of hydrogen-bond donors (Lipinski definition) is 0. The van der Waals surface area contributed by atoms with E-state index in [9.17, 15) is 0 Å². The summed E-state index contributed by atoms with van der Waals surface area (Å²) in [6.07, 6.45) is 5.32. The molecule has 56 heavy (non-hydrogen) atoms. The van der Waals surface area contributed by atoms with Crippen LogP contribution in [0.15, 0.2) is 186 Å². The first-order valence-electron chi connectivity index (χ1n) is 19.4. The molecule has 1 unspecified atom stereocenters. The highest BCUT2D eigenvalue weighted by molar-refractivity contribution is 6.26. The molecule has 3 heteroatoms. The minimum absolute atomic E-state index is 0.0736. The molecular formula is C53H34N2O. The fourth-order valence-corrected chi connectivity index (χ4v) is 9.33. The molecule has 3 nitrogen and oxygen atoms in total. The number of fused-ring (bicyclic) bond motifs is 12. The van der Waals surface area contributed by atoms with Crippen molar-refractivity contribution in [3.63, 3.8) is 0 Å². The van der Waals surface area contributed by atoms with Gasteiger partial charge in [-0.05, 0) is 104 Å². The van der Waals surface area contributed by atoms with Crippen LogP contribution in [0.5, 0.6) is 0 Å². The van der Waals surface area contributed by atoms with Crippen LogP contribution in [0.4, 0.5) is 0 Å². The van der Waals surface area contributed by atoms with E-state index in [4.69, 9.17) is 9.40 Å². The summed E-state index contributed by atoms with van der Waals surface area (Å²) in [5.41, 5.74) is 11.2. The van der Waals surface area contributed by atoms with Crippen molar-refractivity contribution in [1.29, 1.82) is 0 Å². The van der Waals surface area contributed by atoms with Crippen LogP contribution < -0.4 is 0 Å². The molecule has 262 valence electrons. The Labute approximate surface area is 323 Å². The summed E-state index contributed by atoms with van der Waals surface area (Å²) in [5, 5.41) is 11.2. The SMILES string of the molecule is C1=Cc2c(oc3ccccc23)C(c2cccc(-c3ccc4c5ccc(-c6cccc(-n7c8ccccc8c8ccccc87)c6)cc5c5ccccc5c4c3)n2)C1. The lowest BCUT2D eigenvalue weighted by Gasteiger charge is -2.18. The normalized spacial score (nSPS) is 14.1. The molecule has 12 rings (SSSR count). The summed E-state index contributed by atoms with van der Waals surface area (Å²) in [6, 6.07) is 63.7.